The normalized spacial score (nSPS) is 17.0. The van der Waals surface area contributed by atoms with Crippen LogP contribution >= 0.6 is 0 Å². The number of benzene rings is 2. The molecule has 1 unspecified atom stereocenters. The van der Waals surface area contributed by atoms with Crippen molar-refractivity contribution in [2.45, 2.75) is 38.7 Å². The van der Waals surface area contributed by atoms with Crippen molar-refractivity contribution in [1.29, 1.82) is 0 Å². The Balaban J connectivity index is 1.62. The maximum Gasteiger partial charge on any atom is 0.416 e. The van der Waals surface area contributed by atoms with E-state index in [4.69, 9.17) is 4.74 Å². The van der Waals surface area contributed by atoms with Crippen molar-refractivity contribution in [1.82, 2.24) is 10.6 Å². The first kappa shape index (κ1) is 19.2. The summed E-state index contributed by atoms with van der Waals surface area (Å²) in [5.74, 6) is 0.546. The second kappa shape index (κ2) is 8.00. The van der Waals surface area contributed by atoms with E-state index in [1.807, 2.05) is 19.1 Å². The Morgan fingerprint density at radius 1 is 1.22 bits per heavy atom. The molecule has 0 aromatic heterocycles. The number of halogens is 3. The Morgan fingerprint density at radius 3 is 2.67 bits per heavy atom. The molecule has 0 bridgehead atoms. The maximum absolute atomic E-state index is 13.1. The van der Waals surface area contributed by atoms with Crippen LogP contribution in [0, 0.1) is 6.92 Å². The monoisotopic (exact) mass is 378 g/mol. The molecule has 2 N–H and O–H groups in total. The second-order valence-electron chi connectivity index (χ2n) is 6.56. The van der Waals surface area contributed by atoms with Crippen molar-refractivity contribution in [2.24, 2.45) is 0 Å². The predicted molar refractivity (Wildman–Crippen MR) is 95.2 cm³/mol. The highest BCUT2D eigenvalue weighted by molar-refractivity contribution is 5.83. The average molecular weight is 378 g/mol. The van der Waals surface area contributed by atoms with Crippen LogP contribution in [0.5, 0.6) is 5.75 Å². The van der Waals surface area contributed by atoms with E-state index in [1.54, 1.807) is 12.1 Å². The summed E-state index contributed by atoms with van der Waals surface area (Å²) < 4.78 is 44.8. The van der Waals surface area contributed by atoms with Crippen LogP contribution in [0.4, 0.5) is 13.2 Å². The Morgan fingerprint density at radius 2 is 2.00 bits per heavy atom. The third-order valence-corrected chi connectivity index (χ3v) is 4.55. The number of ether oxygens (including phenoxy) is 1. The SMILES string of the molecule is Cc1cc(CNC2CCNC2=O)ccc1OCc1ccccc1C(F)(F)F. The lowest BCUT2D eigenvalue weighted by molar-refractivity contribution is -0.138. The lowest BCUT2D eigenvalue weighted by Gasteiger charge is -2.15. The van der Waals surface area contributed by atoms with Crippen LogP contribution < -0.4 is 15.4 Å². The van der Waals surface area contributed by atoms with Crippen molar-refractivity contribution in [3.63, 3.8) is 0 Å². The number of hydrogen-bond donors (Lipinski definition) is 2. The average Bonchev–Trinajstić information content (AvgIpc) is 3.03. The van der Waals surface area contributed by atoms with E-state index in [1.165, 1.54) is 12.1 Å². The fourth-order valence-electron chi connectivity index (χ4n) is 3.09. The first-order chi connectivity index (χ1) is 12.8. The summed E-state index contributed by atoms with van der Waals surface area (Å²) >= 11 is 0. The van der Waals surface area contributed by atoms with E-state index in [2.05, 4.69) is 10.6 Å². The molecule has 0 spiro atoms. The van der Waals surface area contributed by atoms with Crippen LogP contribution in [0.1, 0.15) is 28.7 Å². The summed E-state index contributed by atoms with van der Waals surface area (Å²) in [6, 6.07) is 10.7. The van der Waals surface area contributed by atoms with Crippen molar-refractivity contribution < 1.29 is 22.7 Å². The molecule has 1 amide bonds. The van der Waals surface area contributed by atoms with Gasteiger partial charge in [-0.1, -0.05) is 30.3 Å². The van der Waals surface area contributed by atoms with Crippen LogP contribution in [-0.2, 0) is 24.1 Å². The van der Waals surface area contributed by atoms with Gasteiger partial charge in [0, 0.05) is 18.7 Å². The number of amides is 1. The molecule has 1 saturated heterocycles. The highest BCUT2D eigenvalue weighted by atomic mass is 19.4. The van der Waals surface area contributed by atoms with Crippen LogP contribution in [0.3, 0.4) is 0 Å². The van der Waals surface area contributed by atoms with E-state index < -0.39 is 11.7 Å². The zero-order valence-corrected chi connectivity index (χ0v) is 14.9. The standard InChI is InChI=1S/C20H21F3N2O2/c1-13-10-14(11-25-17-8-9-24-19(17)26)6-7-18(13)27-12-15-4-2-3-5-16(15)20(21,22)23/h2-7,10,17,25H,8-9,11-12H2,1H3,(H,24,26). The number of rotatable bonds is 6. The van der Waals surface area contributed by atoms with Gasteiger partial charge in [-0.15, -0.1) is 0 Å². The number of carbonyl (C=O) groups is 1. The molecule has 27 heavy (non-hydrogen) atoms. The zero-order valence-electron chi connectivity index (χ0n) is 14.9. The molecule has 1 atom stereocenters. The Bertz CT molecular complexity index is 821. The van der Waals surface area contributed by atoms with Gasteiger partial charge in [0.05, 0.1) is 11.6 Å². The molecule has 0 saturated carbocycles. The predicted octanol–water partition coefficient (Wildman–Crippen LogP) is 3.57. The van der Waals surface area contributed by atoms with Crippen molar-refractivity contribution in [3.05, 3.63) is 64.7 Å². The molecule has 0 aliphatic carbocycles. The molecule has 0 radical (unpaired) electrons. The number of nitrogens with one attached hydrogen (secondary N) is 2. The fraction of sp³-hybridized carbons (Fsp3) is 0.350. The van der Waals surface area contributed by atoms with Gasteiger partial charge in [-0.25, -0.2) is 0 Å². The van der Waals surface area contributed by atoms with Crippen molar-refractivity contribution in [3.8, 4) is 5.75 Å². The summed E-state index contributed by atoms with van der Waals surface area (Å²) in [6.07, 6.45) is -3.64. The van der Waals surface area contributed by atoms with Gasteiger partial charge in [0.1, 0.15) is 12.4 Å². The van der Waals surface area contributed by atoms with Gasteiger partial charge < -0.3 is 15.4 Å². The van der Waals surface area contributed by atoms with E-state index in [-0.39, 0.29) is 24.1 Å². The molecule has 2 aromatic carbocycles. The third kappa shape index (κ3) is 4.80. The molecule has 1 fully saturated rings. The van der Waals surface area contributed by atoms with Gasteiger partial charge in [0.2, 0.25) is 5.91 Å². The first-order valence-electron chi connectivity index (χ1n) is 8.73. The van der Waals surface area contributed by atoms with Crippen LogP contribution in [0.15, 0.2) is 42.5 Å². The van der Waals surface area contributed by atoms with Gasteiger partial charge >= 0.3 is 6.18 Å². The summed E-state index contributed by atoms with van der Waals surface area (Å²) in [5.41, 5.74) is 1.23. The molecular weight excluding hydrogens is 357 g/mol. The number of hydrogen-bond acceptors (Lipinski definition) is 3. The first-order valence-corrected chi connectivity index (χ1v) is 8.73. The van der Waals surface area contributed by atoms with E-state index in [9.17, 15) is 18.0 Å². The Labute approximate surface area is 155 Å². The van der Waals surface area contributed by atoms with Gasteiger partial charge in [-0.3, -0.25) is 4.79 Å². The lowest BCUT2D eigenvalue weighted by Crippen LogP contribution is -2.35. The largest absolute Gasteiger partial charge is 0.489 e. The zero-order chi connectivity index (χ0) is 19.4. The van der Waals surface area contributed by atoms with Crippen molar-refractivity contribution >= 4 is 5.91 Å². The topological polar surface area (TPSA) is 50.4 Å². The van der Waals surface area contributed by atoms with E-state index in [0.717, 1.165) is 23.6 Å². The van der Waals surface area contributed by atoms with E-state index >= 15 is 0 Å². The Kier molecular flexibility index (Phi) is 5.70. The minimum Gasteiger partial charge on any atom is -0.489 e. The number of alkyl halides is 3. The minimum atomic E-state index is -4.41. The highest BCUT2D eigenvalue weighted by Gasteiger charge is 2.33. The van der Waals surface area contributed by atoms with E-state index in [0.29, 0.717) is 18.8 Å². The van der Waals surface area contributed by atoms with Crippen LogP contribution in [0.2, 0.25) is 0 Å². The Hall–Kier alpha value is -2.54. The molecule has 1 heterocycles. The third-order valence-electron chi connectivity index (χ3n) is 4.55. The number of aryl methyl sites for hydroxylation is 1. The molecule has 4 nitrogen and oxygen atoms in total. The summed E-state index contributed by atoms with van der Waals surface area (Å²) in [6.45, 7) is 2.91. The summed E-state index contributed by atoms with van der Waals surface area (Å²) in [7, 11) is 0. The highest BCUT2D eigenvalue weighted by Crippen LogP contribution is 2.32. The minimum absolute atomic E-state index is 0.00926. The van der Waals surface area contributed by atoms with Crippen molar-refractivity contribution in [2.75, 3.05) is 6.54 Å². The summed E-state index contributed by atoms with van der Waals surface area (Å²) in [4.78, 5) is 11.6. The molecule has 1 aliphatic heterocycles. The van der Waals surface area contributed by atoms with Crippen LogP contribution in [-0.4, -0.2) is 18.5 Å². The smallest absolute Gasteiger partial charge is 0.416 e. The van der Waals surface area contributed by atoms with Gasteiger partial charge in [0.25, 0.3) is 0 Å². The molecule has 1 aliphatic rings. The maximum atomic E-state index is 13.1. The number of carbonyl (C=O) groups excluding carboxylic acids is 1. The van der Waals surface area contributed by atoms with Gasteiger partial charge in [0.15, 0.2) is 0 Å². The summed E-state index contributed by atoms with van der Waals surface area (Å²) in [5, 5.41) is 5.97. The molecule has 7 heteroatoms. The molecule has 3 rings (SSSR count). The molecule has 2 aromatic rings. The quantitative estimate of drug-likeness (QED) is 0.808. The van der Waals surface area contributed by atoms with Crippen LogP contribution in [0.25, 0.3) is 0 Å². The lowest BCUT2D eigenvalue weighted by atomic mass is 10.1. The molecular formula is C20H21F3N2O2. The fourth-order valence-corrected chi connectivity index (χ4v) is 3.09. The van der Waals surface area contributed by atoms with Gasteiger partial charge in [-0.2, -0.15) is 13.2 Å². The second-order valence-corrected chi connectivity index (χ2v) is 6.56. The molecule has 144 valence electrons. The van der Waals surface area contributed by atoms with Gasteiger partial charge in [-0.05, 0) is 36.6 Å².